The summed E-state index contributed by atoms with van der Waals surface area (Å²) in [5.41, 5.74) is 1.44. The Morgan fingerprint density at radius 2 is 2.14 bits per heavy atom. The van der Waals surface area contributed by atoms with Crippen molar-refractivity contribution >= 4 is 23.4 Å². The van der Waals surface area contributed by atoms with Gasteiger partial charge in [-0.25, -0.2) is 9.37 Å². The summed E-state index contributed by atoms with van der Waals surface area (Å²) in [5.74, 6) is -0.173. The maximum Gasteiger partial charge on any atom is 0.322 e. The fourth-order valence-corrected chi connectivity index (χ4v) is 2.07. The van der Waals surface area contributed by atoms with Gasteiger partial charge in [0.25, 0.3) is 0 Å². The first-order chi connectivity index (χ1) is 10.6. The Kier molecular flexibility index (Phi) is 3.86. The average molecular weight is 302 g/mol. The van der Waals surface area contributed by atoms with Crippen molar-refractivity contribution in [1.29, 1.82) is 0 Å². The fourth-order valence-electron chi connectivity index (χ4n) is 2.07. The van der Waals surface area contributed by atoms with E-state index in [-0.39, 0.29) is 18.3 Å². The van der Waals surface area contributed by atoms with E-state index >= 15 is 0 Å². The Bertz CT molecular complexity index is 704. The number of benzene rings is 1. The lowest BCUT2D eigenvalue weighted by Gasteiger charge is -2.10. The number of nitrogens with zero attached hydrogens (tertiary/aromatic N) is 2. The molecule has 2 aromatic rings. The van der Waals surface area contributed by atoms with Gasteiger partial charge in [-0.3, -0.25) is 4.79 Å². The van der Waals surface area contributed by atoms with Crippen LogP contribution in [0.25, 0.3) is 0 Å². The lowest BCUT2D eigenvalue weighted by Crippen LogP contribution is -2.15. The van der Waals surface area contributed by atoms with Gasteiger partial charge in [0.1, 0.15) is 18.2 Å². The van der Waals surface area contributed by atoms with Crippen molar-refractivity contribution in [2.75, 3.05) is 17.2 Å². The molecule has 7 heteroatoms. The van der Waals surface area contributed by atoms with E-state index in [4.69, 9.17) is 5.11 Å². The van der Waals surface area contributed by atoms with E-state index in [9.17, 15) is 9.18 Å². The van der Waals surface area contributed by atoms with Gasteiger partial charge in [0.15, 0.2) is 0 Å². The van der Waals surface area contributed by atoms with E-state index in [2.05, 4.69) is 20.6 Å². The Hall–Kier alpha value is -2.70. The van der Waals surface area contributed by atoms with Gasteiger partial charge in [0.05, 0.1) is 5.69 Å². The van der Waals surface area contributed by atoms with Crippen LogP contribution < -0.4 is 10.6 Å². The Balaban J connectivity index is 1.83. The van der Waals surface area contributed by atoms with Crippen LogP contribution in [0.5, 0.6) is 0 Å². The predicted octanol–water partition coefficient (Wildman–Crippen LogP) is 2.73. The van der Waals surface area contributed by atoms with Crippen molar-refractivity contribution in [2.24, 2.45) is 0 Å². The summed E-state index contributed by atoms with van der Waals surface area (Å²) in [4.78, 5) is 19.2. The molecule has 3 rings (SSSR count). The van der Waals surface area contributed by atoms with E-state index in [1.165, 1.54) is 12.1 Å². The van der Waals surface area contributed by atoms with Crippen molar-refractivity contribution in [3.8, 4) is 0 Å². The van der Waals surface area contributed by atoms with Crippen LogP contribution in [0.15, 0.2) is 30.3 Å². The molecule has 1 aromatic carbocycles. The number of hydrogen-bond acceptors (Lipinski definition) is 5. The second-order valence-corrected chi connectivity index (χ2v) is 5.16. The van der Waals surface area contributed by atoms with E-state index in [0.717, 1.165) is 18.5 Å². The molecule has 22 heavy (non-hydrogen) atoms. The monoisotopic (exact) mass is 302 g/mol. The summed E-state index contributed by atoms with van der Waals surface area (Å²) in [6, 6.07) is 7.87. The Morgan fingerprint density at radius 1 is 1.32 bits per heavy atom. The van der Waals surface area contributed by atoms with Gasteiger partial charge in [-0.2, -0.15) is 4.98 Å². The second-order valence-electron chi connectivity index (χ2n) is 5.16. The third-order valence-corrected chi connectivity index (χ3v) is 3.24. The highest BCUT2D eigenvalue weighted by Crippen LogP contribution is 2.40. The molecule has 0 spiro atoms. The van der Waals surface area contributed by atoms with E-state index in [1.807, 2.05) is 6.07 Å². The third kappa shape index (κ3) is 3.69. The van der Waals surface area contributed by atoms with E-state index in [1.54, 1.807) is 12.1 Å². The standard InChI is InChI=1S/C15H15FN4O2/c16-10-2-1-3-11(6-10)18-13-7-12(9-4-5-9)19-15(20-13)17-8-14(21)22/h1-3,6-7,9H,4-5,8H2,(H,21,22)(H2,17,18,19,20). The molecule has 114 valence electrons. The van der Waals surface area contributed by atoms with Gasteiger partial charge in [0, 0.05) is 17.7 Å². The van der Waals surface area contributed by atoms with Crippen molar-refractivity contribution < 1.29 is 14.3 Å². The number of nitrogens with one attached hydrogen (secondary N) is 2. The van der Waals surface area contributed by atoms with Crippen LogP contribution in [0.4, 0.5) is 21.8 Å². The van der Waals surface area contributed by atoms with Gasteiger partial charge < -0.3 is 15.7 Å². The lowest BCUT2D eigenvalue weighted by atomic mass is 10.2. The molecule has 1 fully saturated rings. The zero-order valence-electron chi connectivity index (χ0n) is 11.7. The predicted molar refractivity (Wildman–Crippen MR) is 79.8 cm³/mol. The molecule has 0 amide bonds. The Labute approximate surface area is 126 Å². The van der Waals surface area contributed by atoms with Crippen LogP contribution in [0.2, 0.25) is 0 Å². The minimum absolute atomic E-state index is 0.255. The molecule has 0 radical (unpaired) electrons. The highest BCUT2D eigenvalue weighted by atomic mass is 19.1. The first kappa shape index (κ1) is 14.2. The highest BCUT2D eigenvalue weighted by molar-refractivity contribution is 5.72. The molecule has 0 saturated heterocycles. The molecule has 1 heterocycles. The number of carboxylic acid groups (broad SMARTS) is 1. The number of anilines is 3. The maximum absolute atomic E-state index is 13.2. The minimum atomic E-state index is -0.986. The summed E-state index contributed by atoms with van der Waals surface area (Å²) in [7, 11) is 0. The quantitative estimate of drug-likeness (QED) is 0.760. The normalized spacial score (nSPS) is 13.7. The van der Waals surface area contributed by atoms with Gasteiger partial charge in [-0.15, -0.1) is 0 Å². The SMILES string of the molecule is O=C(O)CNc1nc(Nc2cccc(F)c2)cc(C2CC2)n1. The lowest BCUT2D eigenvalue weighted by molar-refractivity contribution is -0.134. The Morgan fingerprint density at radius 3 is 2.82 bits per heavy atom. The first-order valence-electron chi connectivity index (χ1n) is 6.97. The molecule has 1 aromatic heterocycles. The molecule has 1 saturated carbocycles. The number of hydrogen-bond donors (Lipinski definition) is 3. The number of rotatable bonds is 6. The molecule has 0 aliphatic heterocycles. The van der Waals surface area contributed by atoms with Gasteiger partial charge in [-0.1, -0.05) is 6.07 Å². The van der Waals surface area contributed by atoms with Crippen LogP contribution in [-0.4, -0.2) is 27.6 Å². The summed E-state index contributed by atoms with van der Waals surface area (Å²) < 4.78 is 13.2. The summed E-state index contributed by atoms with van der Waals surface area (Å²) >= 11 is 0. The number of aliphatic carboxylic acids is 1. The average Bonchev–Trinajstić information content (AvgIpc) is 3.29. The molecular formula is C15H15FN4O2. The molecule has 0 bridgehead atoms. The number of halogens is 1. The molecule has 6 nitrogen and oxygen atoms in total. The van der Waals surface area contributed by atoms with Gasteiger partial charge >= 0.3 is 5.97 Å². The molecule has 0 unspecified atom stereocenters. The highest BCUT2D eigenvalue weighted by Gasteiger charge is 2.26. The van der Waals surface area contributed by atoms with Crippen LogP contribution in [0.3, 0.4) is 0 Å². The maximum atomic E-state index is 13.2. The first-order valence-corrected chi connectivity index (χ1v) is 6.97. The van der Waals surface area contributed by atoms with Crippen molar-refractivity contribution in [3.63, 3.8) is 0 Å². The largest absolute Gasteiger partial charge is 0.480 e. The summed E-state index contributed by atoms with van der Waals surface area (Å²) in [6.45, 7) is -0.256. The van der Waals surface area contributed by atoms with E-state index in [0.29, 0.717) is 17.4 Å². The molecular weight excluding hydrogens is 287 g/mol. The second kappa shape index (κ2) is 5.97. The smallest absolute Gasteiger partial charge is 0.322 e. The third-order valence-electron chi connectivity index (χ3n) is 3.24. The van der Waals surface area contributed by atoms with Crippen molar-refractivity contribution in [2.45, 2.75) is 18.8 Å². The van der Waals surface area contributed by atoms with Crippen LogP contribution in [0, 0.1) is 5.82 Å². The van der Waals surface area contributed by atoms with Crippen LogP contribution in [0.1, 0.15) is 24.5 Å². The van der Waals surface area contributed by atoms with Crippen molar-refractivity contribution in [1.82, 2.24) is 9.97 Å². The van der Waals surface area contributed by atoms with Gasteiger partial charge in [-0.05, 0) is 31.0 Å². The molecule has 1 aliphatic rings. The minimum Gasteiger partial charge on any atom is -0.480 e. The fraction of sp³-hybridized carbons (Fsp3) is 0.267. The topological polar surface area (TPSA) is 87.1 Å². The molecule has 0 atom stereocenters. The number of aromatic nitrogens is 2. The molecule has 3 N–H and O–H groups in total. The summed E-state index contributed by atoms with van der Waals surface area (Å²) in [5, 5.41) is 14.4. The van der Waals surface area contributed by atoms with E-state index < -0.39 is 5.97 Å². The number of carboxylic acids is 1. The van der Waals surface area contributed by atoms with Gasteiger partial charge in [0.2, 0.25) is 5.95 Å². The molecule has 1 aliphatic carbocycles. The number of carbonyl (C=O) groups is 1. The van der Waals surface area contributed by atoms with Crippen molar-refractivity contribution in [3.05, 3.63) is 41.8 Å². The zero-order chi connectivity index (χ0) is 15.5. The summed E-state index contributed by atoms with van der Waals surface area (Å²) in [6.07, 6.45) is 2.13. The zero-order valence-corrected chi connectivity index (χ0v) is 11.7. The van der Waals surface area contributed by atoms with Crippen LogP contribution in [-0.2, 0) is 4.79 Å². The van der Waals surface area contributed by atoms with Crippen LogP contribution >= 0.6 is 0 Å².